The van der Waals surface area contributed by atoms with Crippen LogP contribution in [0.4, 0.5) is 0 Å². The summed E-state index contributed by atoms with van der Waals surface area (Å²) in [5, 5.41) is 8.65. The largest absolute Gasteiger partial charge is 0.269 e. The monoisotopic (exact) mass is 476 g/mol. The van der Waals surface area contributed by atoms with Crippen molar-refractivity contribution in [2.24, 2.45) is 4.99 Å². The smallest absolute Gasteiger partial charge is 0.256 e. The quantitative estimate of drug-likeness (QED) is 0.446. The zero-order chi connectivity index (χ0) is 22.6. The van der Waals surface area contributed by atoms with Crippen LogP contribution in [0.25, 0.3) is 5.82 Å². The third kappa shape index (κ3) is 7.80. The molecule has 0 bridgehead atoms. The van der Waals surface area contributed by atoms with Crippen molar-refractivity contribution in [1.82, 2.24) is 9.55 Å². The molecule has 3 aromatic rings. The van der Waals surface area contributed by atoms with Crippen molar-refractivity contribution in [2.75, 3.05) is 0 Å². The minimum Gasteiger partial charge on any atom is -0.269 e. The number of benzene rings is 1. The van der Waals surface area contributed by atoms with E-state index in [9.17, 15) is 4.79 Å². The molecule has 0 aliphatic heterocycles. The van der Waals surface area contributed by atoms with E-state index in [1.165, 1.54) is 21.8 Å². The fourth-order valence-electron chi connectivity index (χ4n) is 2.68. The van der Waals surface area contributed by atoms with E-state index in [-0.39, 0.29) is 5.56 Å². The minimum absolute atomic E-state index is 0.0834. The van der Waals surface area contributed by atoms with Crippen LogP contribution < -0.4 is 5.56 Å². The van der Waals surface area contributed by atoms with Crippen LogP contribution in [-0.2, 0) is 12.8 Å². The Morgan fingerprint density at radius 1 is 1.16 bits per heavy atom. The Morgan fingerprint density at radius 3 is 2.45 bits per heavy atom. The van der Waals surface area contributed by atoms with E-state index in [0.29, 0.717) is 11.4 Å². The number of pyridine rings is 2. The molecule has 1 aromatic carbocycles. The van der Waals surface area contributed by atoms with Gasteiger partial charge in [-0.05, 0) is 78.0 Å². The topological polar surface area (TPSA) is 71.0 Å². The number of halogens is 1. The van der Waals surface area contributed by atoms with Gasteiger partial charge in [-0.15, -0.1) is 0 Å². The van der Waals surface area contributed by atoms with E-state index in [1.807, 2.05) is 56.4 Å². The standard InChI is InChI=1S/C13H14N2.C12H11BrN2O/c1-3-15-10-11(2)8-12-4-6-13(9-14)7-5-12;1-2-9-3-5-11(14-7-9)15-8-10(13)4-6-12(15)16/h3-7,10H,8H2,1-2H3;3-8H,2H2,1H3/b11-10+,15-3?;. The van der Waals surface area contributed by atoms with Gasteiger partial charge in [0.1, 0.15) is 5.82 Å². The molecule has 0 unspecified atom stereocenters. The Balaban J connectivity index is 0.000000221. The second kappa shape index (κ2) is 12.4. The lowest BCUT2D eigenvalue weighted by Gasteiger charge is -2.05. The first kappa shape index (κ1) is 24.0. The summed E-state index contributed by atoms with van der Waals surface area (Å²) in [4.78, 5) is 20.0. The molecule has 0 N–H and O–H groups in total. The first-order chi connectivity index (χ1) is 15.0. The van der Waals surface area contributed by atoms with E-state index < -0.39 is 0 Å². The number of allylic oxidation sites excluding steroid dienone is 1. The lowest BCUT2D eigenvalue weighted by Crippen LogP contribution is -2.17. The molecule has 2 aromatic heterocycles. The predicted molar refractivity (Wildman–Crippen MR) is 130 cm³/mol. The predicted octanol–water partition coefficient (Wildman–Crippen LogP) is 5.65. The van der Waals surface area contributed by atoms with Gasteiger partial charge in [0.25, 0.3) is 5.56 Å². The van der Waals surface area contributed by atoms with Gasteiger partial charge in [0.05, 0.1) is 11.6 Å². The summed E-state index contributed by atoms with van der Waals surface area (Å²) in [5.74, 6) is 0.642. The summed E-state index contributed by atoms with van der Waals surface area (Å²) < 4.78 is 2.37. The molecule has 0 radical (unpaired) electrons. The molecule has 0 saturated carbocycles. The number of nitriles is 1. The number of aryl methyl sites for hydroxylation is 1. The minimum atomic E-state index is -0.0834. The summed E-state index contributed by atoms with van der Waals surface area (Å²) in [7, 11) is 0. The van der Waals surface area contributed by atoms with Crippen molar-refractivity contribution >= 4 is 22.1 Å². The summed E-state index contributed by atoms with van der Waals surface area (Å²) in [5.41, 5.74) is 4.19. The molecule has 0 aliphatic rings. The van der Waals surface area contributed by atoms with E-state index >= 15 is 0 Å². The molecular weight excluding hydrogens is 452 g/mol. The Hall–Kier alpha value is -3.30. The summed E-state index contributed by atoms with van der Waals surface area (Å²) in [6, 6.07) is 16.8. The van der Waals surface area contributed by atoms with Crippen LogP contribution >= 0.6 is 15.9 Å². The zero-order valence-corrected chi connectivity index (χ0v) is 19.5. The van der Waals surface area contributed by atoms with Crippen molar-refractivity contribution in [2.45, 2.75) is 33.6 Å². The molecular formula is C25H25BrN4O. The third-order valence-corrected chi connectivity index (χ3v) is 4.82. The molecule has 0 fully saturated rings. The molecule has 0 spiro atoms. The highest BCUT2D eigenvalue weighted by Gasteiger charge is 2.01. The van der Waals surface area contributed by atoms with Crippen molar-refractivity contribution in [3.63, 3.8) is 0 Å². The molecule has 0 aliphatic carbocycles. The van der Waals surface area contributed by atoms with Crippen molar-refractivity contribution in [1.29, 1.82) is 5.26 Å². The van der Waals surface area contributed by atoms with Gasteiger partial charge in [0.2, 0.25) is 0 Å². The average molecular weight is 477 g/mol. The van der Waals surface area contributed by atoms with Gasteiger partial charge in [0, 0.05) is 35.3 Å². The molecule has 0 amide bonds. The highest BCUT2D eigenvalue weighted by molar-refractivity contribution is 9.10. The molecule has 5 nitrogen and oxygen atoms in total. The lowest BCUT2D eigenvalue weighted by molar-refractivity contribution is 0.927. The molecule has 0 saturated heterocycles. The summed E-state index contributed by atoms with van der Waals surface area (Å²) in [6.45, 7) is 6.01. The fourth-order valence-corrected chi connectivity index (χ4v) is 3.01. The van der Waals surface area contributed by atoms with Crippen LogP contribution in [0, 0.1) is 11.3 Å². The van der Waals surface area contributed by atoms with Crippen LogP contribution in [0.2, 0.25) is 0 Å². The second-order valence-corrected chi connectivity index (χ2v) is 7.72. The Kier molecular flexibility index (Phi) is 9.60. The number of aromatic nitrogens is 2. The van der Waals surface area contributed by atoms with Crippen molar-refractivity contribution in [3.8, 4) is 11.9 Å². The number of aliphatic imine (C=N–C) groups is 1. The van der Waals surface area contributed by atoms with Crippen molar-refractivity contribution in [3.05, 3.63) is 104 Å². The van der Waals surface area contributed by atoms with Crippen LogP contribution in [-0.4, -0.2) is 15.8 Å². The highest BCUT2D eigenvalue weighted by atomic mass is 79.9. The molecule has 31 heavy (non-hydrogen) atoms. The first-order valence-corrected chi connectivity index (χ1v) is 10.7. The molecule has 0 atom stereocenters. The maximum Gasteiger partial charge on any atom is 0.256 e. The Bertz CT molecular complexity index is 1140. The van der Waals surface area contributed by atoms with Gasteiger partial charge in [-0.3, -0.25) is 14.4 Å². The van der Waals surface area contributed by atoms with Gasteiger partial charge in [0.15, 0.2) is 0 Å². The summed E-state index contributed by atoms with van der Waals surface area (Å²) in [6.07, 6.45) is 8.96. The second-order valence-electron chi connectivity index (χ2n) is 6.80. The van der Waals surface area contributed by atoms with E-state index in [2.05, 4.69) is 38.9 Å². The maximum atomic E-state index is 11.6. The lowest BCUT2D eigenvalue weighted by atomic mass is 10.1. The zero-order valence-electron chi connectivity index (χ0n) is 17.9. The van der Waals surface area contributed by atoms with E-state index in [4.69, 9.17) is 5.26 Å². The third-order valence-electron chi connectivity index (χ3n) is 4.35. The number of hydrogen-bond donors (Lipinski definition) is 0. The van der Waals surface area contributed by atoms with Gasteiger partial charge in [-0.2, -0.15) is 5.26 Å². The number of hydrogen-bond acceptors (Lipinski definition) is 4. The Morgan fingerprint density at radius 2 is 1.87 bits per heavy atom. The van der Waals surface area contributed by atoms with Crippen molar-refractivity contribution < 1.29 is 0 Å². The fraction of sp³-hybridized carbons (Fsp3) is 0.200. The first-order valence-electron chi connectivity index (χ1n) is 9.92. The molecule has 3 rings (SSSR count). The van der Waals surface area contributed by atoms with Gasteiger partial charge >= 0.3 is 0 Å². The van der Waals surface area contributed by atoms with Gasteiger partial charge < -0.3 is 0 Å². The van der Waals surface area contributed by atoms with E-state index in [1.54, 1.807) is 24.7 Å². The molecule has 2 heterocycles. The number of rotatable bonds is 5. The molecule has 6 heteroatoms. The van der Waals surface area contributed by atoms with Crippen LogP contribution in [0.1, 0.15) is 37.5 Å². The van der Waals surface area contributed by atoms with Crippen LogP contribution in [0.3, 0.4) is 0 Å². The van der Waals surface area contributed by atoms with E-state index in [0.717, 1.165) is 22.9 Å². The molecule has 158 valence electrons. The van der Waals surface area contributed by atoms with Gasteiger partial charge in [-0.25, -0.2) is 4.98 Å². The highest BCUT2D eigenvalue weighted by Crippen LogP contribution is 2.10. The van der Waals surface area contributed by atoms with Crippen LogP contribution in [0.5, 0.6) is 0 Å². The average Bonchev–Trinajstić information content (AvgIpc) is 2.80. The maximum absolute atomic E-state index is 11.6. The van der Waals surface area contributed by atoms with Gasteiger partial charge in [-0.1, -0.05) is 30.7 Å². The SMILES string of the molecule is CC=N/C=C(\C)Cc1ccc(C#N)cc1.CCc1ccc(-n2cc(Br)ccc2=O)nc1. The number of nitrogens with zero attached hydrogens (tertiary/aromatic N) is 4. The van der Waals surface area contributed by atoms with Crippen LogP contribution in [0.15, 0.2) is 87.0 Å². The Labute approximate surface area is 191 Å². The normalized spacial score (nSPS) is 11.0. The summed E-state index contributed by atoms with van der Waals surface area (Å²) >= 11 is 3.33.